The molecule has 172 valence electrons. The maximum atomic E-state index is 13.3. The molecule has 0 saturated heterocycles. The van der Waals surface area contributed by atoms with Gasteiger partial charge >= 0.3 is 5.97 Å². The second kappa shape index (κ2) is 9.73. The van der Waals surface area contributed by atoms with E-state index in [1.165, 1.54) is 0 Å². The number of amides is 1. The number of hydrogen-bond donors (Lipinski definition) is 1. The highest BCUT2D eigenvalue weighted by Gasteiger charge is 2.28. The number of ether oxygens (including phenoxy) is 1. The molecule has 0 radical (unpaired) electrons. The van der Waals surface area contributed by atoms with Crippen molar-refractivity contribution < 1.29 is 14.3 Å². The lowest BCUT2D eigenvalue weighted by Crippen LogP contribution is -2.39. The van der Waals surface area contributed by atoms with Crippen molar-refractivity contribution in [3.63, 3.8) is 0 Å². The van der Waals surface area contributed by atoms with E-state index in [0.29, 0.717) is 11.1 Å². The molecule has 2 heterocycles. The maximum absolute atomic E-state index is 13.3. The summed E-state index contributed by atoms with van der Waals surface area (Å²) in [4.78, 5) is 35.1. The van der Waals surface area contributed by atoms with Crippen molar-refractivity contribution in [3.8, 4) is 0 Å². The number of hydrogen-bond acceptors (Lipinski definition) is 5. The Kier molecular flexibility index (Phi) is 6.18. The van der Waals surface area contributed by atoms with Crippen molar-refractivity contribution in [1.82, 2.24) is 15.3 Å². The summed E-state index contributed by atoms with van der Waals surface area (Å²) in [6.07, 6.45) is 2.47. The van der Waals surface area contributed by atoms with E-state index in [2.05, 4.69) is 15.3 Å². The molecule has 0 unspecified atom stereocenters. The first kappa shape index (κ1) is 22.2. The van der Waals surface area contributed by atoms with Gasteiger partial charge in [-0.3, -0.25) is 9.78 Å². The molecule has 6 heteroatoms. The van der Waals surface area contributed by atoms with Crippen LogP contribution in [0.3, 0.4) is 0 Å². The Morgan fingerprint density at radius 2 is 1.26 bits per heavy atom. The van der Waals surface area contributed by atoms with Crippen LogP contribution >= 0.6 is 0 Å². The molecule has 0 fully saturated rings. The minimum Gasteiger partial charge on any atom is -0.451 e. The number of carbonyl (C=O) groups excluding carboxylic acids is 2. The molecule has 0 spiro atoms. The van der Waals surface area contributed by atoms with E-state index in [4.69, 9.17) is 4.74 Å². The van der Waals surface area contributed by atoms with Gasteiger partial charge in [-0.05, 0) is 35.4 Å². The Morgan fingerprint density at radius 3 is 1.91 bits per heavy atom. The van der Waals surface area contributed by atoms with Crippen LogP contribution in [0.4, 0.5) is 0 Å². The molecule has 6 nitrogen and oxygen atoms in total. The Hall–Kier alpha value is -4.58. The molecule has 35 heavy (non-hydrogen) atoms. The number of carbonyl (C=O) groups is 2. The van der Waals surface area contributed by atoms with E-state index in [1.54, 1.807) is 12.4 Å². The maximum Gasteiger partial charge on any atom is 0.358 e. The second-order valence-corrected chi connectivity index (χ2v) is 8.26. The van der Waals surface area contributed by atoms with Gasteiger partial charge in [0.05, 0.1) is 6.04 Å². The van der Waals surface area contributed by atoms with Gasteiger partial charge < -0.3 is 10.1 Å². The third-order valence-corrected chi connectivity index (χ3v) is 5.93. The molecule has 3 aromatic carbocycles. The average molecular weight is 462 g/mol. The normalized spacial score (nSPS) is 12.7. The average Bonchev–Trinajstić information content (AvgIpc) is 2.91. The highest BCUT2D eigenvalue weighted by atomic mass is 16.5. The number of fused-ring (bicyclic) bond motifs is 2. The van der Waals surface area contributed by atoms with Gasteiger partial charge in [0, 0.05) is 23.2 Å². The summed E-state index contributed by atoms with van der Waals surface area (Å²) >= 11 is 0. The molecule has 1 amide bonds. The van der Waals surface area contributed by atoms with Crippen LogP contribution in [-0.4, -0.2) is 27.9 Å². The summed E-state index contributed by atoms with van der Waals surface area (Å²) in [5, 5.41) is 6.27. The molecule has 0 aliphatic rings. The molecule has 2 atom stereocenters. The van der Waals surface area contributed by atoms with E-state index in [-0.39, 0.29) is 11.6 Å². The summed E-state index contributed by atoms with van der Waals surface area (Å²) in [5.41, 5.74) is 1.32. The van der Waals surface area contributed by atoms with Crippen molar-refractivity contribution in [3.05, 3.63) is 120 Å². The molecular weight excluding hydrogens is 438 g/mol. The lowest BCUT2D eigenvalue weighted by atomic mass is 10.0. The van der Waals surface area contributed by atoms with E-state index < -0.39 is 18.1 Å². The topological polar surface area (TPSA) is 81.2 Å². The summed E-state index contributed by atoms with van der Waals surface area (Å²) in [6, 6.07) is 27.6. The molecule has 0 bridgehead atoms. The molecule has 5 aromatic rings. The van der Waals surface area contributed by atoms with Crippen LogP contribution in [0.5, 0.6) is 0 Å². The molecule has 5 rings (SSSR count). The minimum absolute atomic E-state index is 0.235. The fourth-order valence-electron chi connectivity index (χ4n) is 4.21. The van der Waals surface area contributed by atoms with Gasteiger partial charge in [-0.25, -0.2) is 9.78 Å². The van der Waals surface area contributed by atoms with Crippen LogP contribution in [0.2, 0.25) is 0 Å². The Labute approximate surface area is 202 Å². The van der Waals surface area contributed by atoms with Crippen molar-refractivity contribution in [1.29, 1.82) is 0 Å². The first-order chi connectivity index (χ1) is 17.1. The Morgan fingerprint density at radius 1 is 0.714 bits per heavy atom. The van der Waals surface area contributed by atoms with E-state index >= 15 is 0 Å². The van der Waals surface area contributed by atoms with E-state index in [9.17, 15) is 9.59 Å². The first-order valence-corrected chi connectivity index (χ1v) is 11.4. The van der Waals surface area contributed by atoms with Gasteiger partial charge in [0.15, 0.2) is 5.69 Å². The monoisotopic (exact) mass is 461 g/mol. The lowest BCUT2D eigenvalue weighted by Gasteiger charge is -2.25. The number of rotatable bonds is 6. The molecule has 0 saturated carbocycles. The Bertz CT molecular complexity index is 1510. The van der Waals surface area contributed by atoms with E-state index in [1.807, 2.05) is 97.9 Å². The quantitative estimate of drug-likeness (QED) is 0.338. The van der Waals surface area contributed by atoms with Crippen LogP contribution in [0.15, 0.2) is 103 Å². The van der Waals surface area contributed by atoms with Gasteiger partial charge in [0.25, 0.3) is 5.91 Å². The minimum atomic E-state index is -0.733. The van der Waals surface area contributed by atoms with Crippen LogP contribution in [-0.2, 0) is 4.74 Å². The predicted octanol–water partition coefficient (Wildman–Crippen LogP) is 5.50. The molecule has 1 N–H and O–H groups in total. The predicted molar refractivity (Wildman–Crippen MR) is 135 cm³/mol. The Balaban J connectivity index is 1.44. The zero-order valence-corrected chi connectivity index (χ0v) is 19.1. The fraction of sp³-hybridized carbons (Fsp3) is 0.103. The fourth-order valence-corrected chi connectivity index (χ4v) is 4.21. The zero-order valence-electron chi connectivity index (χ0n) is 19.1. The van der Waals surface area contributed by atoms with E-state index in [0.717, 1.165) is 21.7 Å². The van der Waals surface area contributed by atoms with Gasteiger partial charge in [-0.1, -0.05) is 78.9 Å². The second-order valence-electron chi connectivity index (χ2n) is 8.26. The molecule has 0 aliphatic heterocycles. The van der Waals surface area contributed by atoms with Crippen molar-refractivity contribution >= 4 is 33.4 Å². The third kappa shape index (κ3) is 4.59. The molecule has 2 aromatic heterocycles. The van der Waals surface area contributed by atoms with Crippen LogP contribution in [0.25, 0.3) is 21.5 Å². The van der Waals surface area contributed by atoms with Gasteiger partial charge in [0.2, 0.25) is 0 Å². The third-order valence-electron chi connectivity index (χ3n) is 5.93. The smallest absolute Gasteiger partial charge is 0.358 e. The molecular formula is C29H23N3O3. The largest absolute Gasteiger partial charge is 0.451 e. The number of nitrogens with one attached hydrogen (secondary N) is 1. The summed E-state index contributed by atoms with van der Waals surface area (Å²) in [7, 11) is 0. The highest BCUT2D eigenvalue weighted by Crippen LogP contribution is 2.26. The standard InChI is InChI=1S/C29H23N3O3/c1-19(32-28(33)25-23-13-7-5-9-20(23)15-17-30-25)27(22-11-3-2-4-12-22)35-29(34)26-24-14-8-6-10-21(24)16-18-31-26/h2-19,27H,1H3,(H,32,33)/t19-,27-/m0/s1. The van der Waals surface area contributed by atoms with Crippen LogP contribution < -0.4 is 5.32 Å². The van der Waals surface area contributed by atoms with Gasteiger partial charge in [0.1, 0.15) is 11.8 Å². The number of pyridine rings is 2. The van der Waals surface area contributed by atoms with Gasteiger partial charge in [-0.2, -0.15) is 0 Å². The summed E-state index contributed by atoms with van der Waals surface area (Å²) in [6.45, 7) is 1.81. The summed E-state index contributed by atoms with van der Waals surface area (Å²) < 4.78 is 5.98. The van der Waals surface area contributed by atoms with Crippen molar-refractivity contribution in [2.24, 2.45) is 0 Å². The van der Waals surface area contributed by atoms with Crippen LogP contribution in [0, 0.1) is 0 Å². The van der Waals surface area contributed by atoms with Crippen LogP contribution in [0.1, 0.15) is 39.6 Å². The number of nitrogens with zero attached hydrogens (tertiary/aromatic N) is 2. The van der Waals surface area contributed by atoms with Gasteiger partial charge in [-0.15, -0.1) is 0 Å². The first-order valence-electron chi connectivity index (χ1n) is 11.4. The molecule has 0 aliphatic carbocycles. The van der Waals surface area contributed by atoms with Crippen molar-refractivity contribution in [2.75, 3.05) is 0 Å². The lowest BCUT2D eigenvalue weighted by molar-refractivity contribution is 0.0203. The summed E-state index contributed by atoms with van der Waals surface area (Å²) in [5.74, 6) is -0.894. The number of esters is 1. The highest BCUT2D eigenvalue weighted by molar-refractivity contribution is 6.05. The van der Waals surface area contributed by atoms with Crippen molar-refractivity contribution in [2.45, 2.75) is 19.1 Å². The zero-order chi connectivity index (χ0) is 24.2. The SMILES string of the molecule is C[C@H](NC(=O)c1nccc2ccccc12)[C@H](OC(=O)c1nccc2ccccc12)c1ccccc1. The number of aromatic nitrogens is 2. The number of benzene rings is 3.